The first-order valence-corrected chi connectivity index (χ1v) is 19.2. The first-order valence-electron chi connectivity index (χ1n) is 17.4. The third kappa shape index (κ3) is 9.18. The molecule has 0 saturated carbocycles. The minimum Gasteiger partial charge on any atom is -0.488 e. The Labute approximate surface area is 323 Å². The summed E-state index contributed by atoms with van der Waals surface area (Å²) in [5.74, 6) is 0.0614. The number of halogens is 1. The number of amides is 2. The van der Waals surface area contributed by atoms with Crippen molar-refractivity contribution in [2.45, 2.75) is 77.0 Å². The molecule has 0 aliphatic heterocycles. The van der Waals surface area contributed by atoms with E-state index in [0.717, 1.165) is 20.6 Å². The van der Waals surface area contributed by atoms with Crippen LogP contribution in [0.1, 0.15) is 52.8 Å². The number of aryl methyl sites for hydroxylation is 1. The molecule has 0 aliphatic carbocycles. The van der Waals surface area contributed by atoms with Gasteiger partial charge in [-0.1, -0.05) is 48.0 Å². The van der Waals surface area contributed by atoms with Gasteiger partial charge in [-0.15, -0.1) is 0 Å². The molecule has 0 bridgehead atoms. The van der Waals surface area contributed by atoms with Crippen molar-refractivity contribution in [3.63, 3.8) is 0 Å². The van der Waals surface area contributed by atoms with Crippen LogP contribution in [0.4, 0.5) is 15.4 Å². The fourth-order valence-electron chi connectivity index (χ4n) is 5.79. The number of carbonyl (C=O) groups excluding carboxylic acids is 2. The van der Waals surface area contributed by atoms with E-state index >= 15 is 0 Å². The maximum atomic E-state index is 13.5. The van der Waals surface area contributed by atoms with Crippen molar-refractivity contribution in [1.29, 1.82) is 0 Å². The van der Waals surface area contributed by atoms with Crippen LogP contribution in [0.25, 0.3) is 33.1 Å². The molecular formula is C39H42ClN7O7S. The molecule has 14 nitrogen and oxygen atoms in total. The van der Waals surface area contributed by atoms with Gasteiger partial charge in [-0.25, -0.2) is 14.6 Å². The van der Waals surface area contributed by atoms with Gasteiger partial charge in [0.05, 0.1) is 28.5 Å². The SMILES string of the molecule is Cc1nn(S(=O)(=O)c2ccccc2)c2cnc(-c3cc(OCC(Cc4c[nH]c5ccccc45)NC(=O)OC(C)(C)C)c(NC(=O)OC(C)(C)C)nc3Cl)cc12. The summed E-state index contributed by atoms with van der Waals surface area (Å²) in [7, 11) is -4.02. The predicted molar refractivity (Wildman–Crippen MR) is 210 cm³/mol. The number of hydrogen-bond acceptors (Lipinski definition) is 10. The summed E-state index contributed by atoms with van der Waals surface area (Å²) in [5.41, 5.74) is 1.67. The molecule has 3 N–H and O–H groups in total. The lowest BCUT2D eigenvalue weighted by atomic mass is 10.1. The molecule has 6 aromatic rings. The van der Waals surface area contributed by atoms with Crippen LogP contribution in [-0.2, 0) is 25.9 Å². The van der Waals surface area contributed by atoms with Crippen molar-refractivity contribution in [3.05, 3.63) is 95.5 Å². The number of ether oxygens (including phenoxy) is 3. The maximum Gasteiger partial charge on any atom is 0.413 e. The van der Waals surface area contributed by atoms with Crippen LogP contribution in [-0.4, -0.2) is 68.6 Å². The van der Waals surface area contributed by atoms with Gasteiger partial charge < -0.3 is 24.5 Å². The summed E-state index contributed by atoms with van der Waals surface area (Å²) in [6.45, 7) is 12.1. The zero-order valence-electron chi connectivity index (χ0n) is 31.4. The van der Waals surface area contributed by atoms with Crippen molar-refractivity contribution < 1.29 is 32.2 Å². The average Bonchev–Trinajstić information content (AvgIpc) is 3.67. The second-order valence-corrected chi connectivity index (χ2v) is 17.0. The Kier molecular flexibility index (Phi) is 10.8. The van der Waals surface area contributed by atoms with E-state index in [1.165, 1.54) is 18.3 Å². The van der Waals surface area contributed by atoms with Gasteiger partial charge >= 0.3 is 12.2 Å². The second-order valence-electron chi connectivity index (χ2n) is 14.9. The fourth-order valence-corrected chi connectivity index (χ4v) is 7.36. The van der Waals surface area contributed by atoms with Crippen molar-refractivity contribution in [1.82, 2.24) is 29.5 Å². The van der Waals surface area contributed by atoms with Gasteiger partial charge in [0.1, 0.15) is 28.5 Å². The zero-order chi connectivity index (χ0) is 39.7. The minimum atomic E-state index is -4.02. The minimum absolute atomic E-state index is 0.0329. The normalized spacial score (nSPS) is 12.7. The molecule has 6 rings (SSSR count). The Bertz CT molecular complexity index is 2490. The molecule has 4 heterocycles. The largest absolute Gasteiger partial charge is 0.488 e. The Balaban J connectivity index is 1.37. The van der Waals surface area contributed by atoms with Crippen molar-refractivity contribution in [3.8, 4) is 17.0 Å². The number of anilines is 1. The first-order chi connectivity index (χ1) is 25.9. The van der Waals surface area contributed by atoms with E-state index < -0.39 is 39.5 Å². The predicted octanol–water partition coefficient (Wildman–Crippen LogP) is 8.04. The van der Waals surface area contributed by atoms with E-state index in [1.807, 2.05) is 30.5 Å². The van der Waals surface area contributed by atoms with Crippen LogP contribution in [0.15, 0.2) is 84.0 Å². The number of fused-ring (bicyclic) bond motifs is 2. The van der Waals surface area contributed by atoms with Gasteiger partial charge in [0.25, 0.3) is 10.0 Å². The number of pyridine rings is 2. The second kappa shape index (κ2) is 15.2. The lowest BCUT2D eigenvalue weighted by Gasteiger charge is -2.24. The van der Waals surface area contributed by atoms with Gasteiger partial charge in [0.15, 0.2) is 11.6 Å². The molecule has 4 aromatic heterocycles. The molecule has 0 fully saturated rings. The topological polar surface area (TPSA) is 179 Å². The van der Waals surface area contributed by atoms with Crippen LogP contribution in [0.5, 0.6) is 5.75 Å². The number of nitrogens with one attached hydrogen (secondary N) is 3. The third-order valence-electron chi connectivity index (χ3n) is 8.13. The number of hydrogen-bond donors (Lipinski definition) is 3. The Morgan fingerprint density at radius 3 is 2.31 bits per heavy atom. The summed E-state index contributed by atoms with van der Waals surface area (Å²) < 4.78 is 45.3. The van der Waals surface area contributed by atoms with Crippen LogP contribution in [0, 0.1) is 6.92 Å². The maximum absolute atomic E-state index is 13.5. The van der Waals surface area contributed by atoms with E-state index in [0.29, 0.717) is 28.8 Å². The van der Waals surface area contributed by atoms with Gasteiger partial charge in [0.2, 0.25) is 0 Å². The average molecular weight is 788 g/mol. The highest BCUT2D eigenvalue weighted by Gasteiger charge is 2.26. The molecule has 0 radical (unpaired) electrons. The molecule has 1 atom stereocenters. The summed E-state index contributed by atoms with van der Waals surface area (Å²) in [6, 6.07) is 18.4. The van der Waals surface area contributed by atoms with Gasteiger partial charge in [0, 0.05) is 28.0 Å². The first kappa shape index (κ1) is 39.0. The third-order valence-corrected chi connectivity index (χ3v) is 10.0. The van der Waals surface area contributed by atoms with Crippen molar-refractivity contribution >= 4 is 61.4 Å². The monoisotopic (exact) mass is 787 g/mol. The van der Waals surface area contributed by atoms with E-state index in [-0.39, 0.29) is 33.7 Å². The van der Waals surface area contributed by atoms with E-state index in [9.17, 15) is 18.0 Å². The number of aromatic nitrogens is 5. The highest BCUT2D eigenvalue weighted by atomic mass is 35.5. The Hall–Kier alpha value is -5.67. The highest BCUT2D eigenvalue weighted by molar-refractivity contribution is 7.90. The van der Waals surface area contributed by atoms with Gasteiger partial charge in [-0.05, 0) is 90.8 Å². The molecule has 1 unspecified atom stereocenters. The number of rotatable bonds is 10. The molecule has 2 aromatic carbocycles. The van der Waals surface area contributed by atoms with E-state index in [1.54, 1.807) is 78.8 Å². The van der Waals surface area contributed by atoms with Crippen LogP contribution < -0.4 is 15.4 Å². The molecule has 0 aliphatic rings. The fraction of sp³-hybridized carbons (Fsp3) is 0.308. The smallest absolute Gasteiger partial charge is 0.413 e. The lowest BCUT2D eigenvalue weighted by molar-refractivity contribution is 0.0487. The molecule has 0 spiro atoms. The Morgan fingerprint density at radius 2 is 1.60 bits per heavy atom. The summed E-state index contributed by atoms with van der Waals surface area (Å²) >= 11 is 6.75. The molecule has 0 saturated heterocycles. The van der Waals surface area contributed by atoms with Gasteiger partial charge in [-0.2, -0.15) is 17.6 Å². The molecule has 16 heteroatoms. The Morgan fingerprint density at radius 1 is 0.927 bits per heavy atom. The lowest BCUT2D eigenvalue weighted by Crippen LogP contribution is -2.43. The number of alkyl carbamates (subject to hydrolysis) is 1. The molecule has 288 valence electrons. The van der Waals surface area contributed by atoms with Crippen molar-refractivity contribution in [2.75, 3.05) is 11.9 Å². The summed E-state index contributed by atoms with van der Waals surface area (Å²) in [6.07, 6.45) is 2.21. The van der Waals surface area contributed by atoms with E-state index in [4.69, 9.17) is 25.8 Å². The van der Waals surface area contributed by atoms with Crippen LogP contribution >= 0.6 is 11.6 Å². The zero-order valence-corrected chi connectivity index (χ0v) is 33.0. The number of nitrogens with zero attached hydrogens (tertiary/aromatic N) is 4. The number of H-pyrrole nitrogens is 1. The molecule has 2 amide bonds. The van der Waals surface area contributed by atoms with Crippen molar-refractivity contribution in [2.24, 2.45) is 0 Å². The summed E-state index contributed by atoms with van der Waals surface area (Å²) in [5, 5.41) is 11.4. The van der Waals surface area contributed by atoms with Gasteiger partial charge in [-0.3, -0.25) is 10.3 Å². The van der Waals surface area contributed by atoms with Crippen LogP contribution in [0.3, 0.4) is 0 Å². The highest BCUT2D eigenvalue weighted by Crippen LogP contribution is 2.36. The number of carbonyl (C=O) groups is 2. The molecule has 55 heavy (non-hydrogen) atoms. The summed E-state index contributed by atoms with van der Waals surface area (Å²) in [4.78, 5) is 38.3. The van der Waals surface area contributed by atoms with E-state index in [2.05, 4.69) is 30.7 Å². The molecular weight excluding hydrogens is 746 g/mol. The number of para-hydroxylation sites is 1. The quantitative estimate of drug-likeness (QED) is 0.115. The number of benzene rings is 2. The number of aromatic amines is 1. The standard InChI is InChI=1S/C39H42ClN7O7S/c1-23-28-18-31(42-21-32(28)47(46-23)55(50,51)26-13-9-8-10-14-26)29-19-33(35(44-34(29)40)45-37(49)54-39(5,6)7)52-22-25(43-36(48)53-38(2,3)4)17-24-20-41-30-16-12-11-15-27(24)30/h8-16,18-21,25,41H,17,22H2,1-7H3,(H,43,48)(H,44,45,49). The van der Waals surface area contributed by atoms with Crippen LogP contribution in [0.2, 0.25) is 5.15 Å².